The van der Waals surface area contributed by atoms with E-state index in [2.05, 4.69) is 11.0 Å². The Balaban J connectivity index is 0.000000538. The number of benzene rings is 2. The molecule has 2 aromatic rings. The van der Waals surface area contributed by atoms with Gasteiger partial charge in [-0.25, -0.2) is 13.9 Å². The van der Waals surface area contributed by atoms with Crippen molar-refractivity contribution in [3.8, 4) is 11.8 Å². The van der Waals surface area contributed by atoms with Gasteiger partial charge in [-0.15, -0.1) is 0 Å². The van der Waals surface area contributed by atoms with Crippen LogP contribution in [0.25, 0.3) is 0 Å². The Morgan fingerprint density at radius 1 is 1.03 bits per heavy atom. The lowest BCUT2D eigenvalue weighted by molar-refractivity contribution is -0.159. The molecule has 2 aliphatic rings. The molecule has 0 radical (unpaired) electrons. The zero-order valence-electron chi connectivity index (χ0n) is 19.3. The molecule has 1 saturated heterocycles. The normalized spacial score (nSPS) is 19.0. The lowest BCUT2D eigenvalue weighted by atomic mass is 10.2. The fourth-order valence-electron chi connectivity index (χ4n) is 4.01. The zero-order chi connectivity index (χ0) is 26.3. The molecule has 0 aliphatic carbocycles. The molecular formula is C24H27N3O8S. The number of carboxylic acids is 2. The molecule has 0 aromatic heterocycles. The number of carboxylic acid groups (broad SMARTS) is 2. The third-order valence-electron chi connectivity index (χ3n) is 5.75. The first-order valence-electron chi connectivity index (χ1n) is 11.2. The molecule has 0 spiro atoms. The van der Waals surface area contributed by atoms with E-state index in [0.717, 1.165) is 32.5 Å². The number of fused-ring (bicyclic) bond motifs is 1. The summed E-state index contributed by atoms with van der Waals surface area (Å²) in [6, 6.07) is 16.1. The van der Waals surface area contributed by atoms with Crippen LogP contribution in [0.4, 0.5) is 0 Å². The predicted molar refractivity (Wildman–Crippen MR) is 130 cm³/mol. The summed E-state index contributed by atoms with van der Waals surface area (Å²) in [5, 5.41) is 24.0. The van der Waals surface area contributed by atoms with Gasteiger partial charge >= 0.3 is 11.9 Å². The number of hydrogen-bond acceptors (Lipinski definition) is 8. The summed E-state index contributed by atoms with van der Waals surface area (Å²) in [6.45, 7) is 2.89. The van der Waals surface area contributed by atoms with E-state index in [4.69, 9.17) is 24.5 Å². The smallest absolute Gasteiger partial charge is 0.414 e. The van der Waals surface area contributed by atoms with E-state index in [9.17, 15) is 19.2 Å². The Kier molecular flexibility index (Phi) is 8.89. The maximum Gasteiger partial charge on any atom is 0.414 e. The highest BCUT2D eigenvalue weighted by molar-refractivity contribution is 8.23. The average Bonchev–Trinajstić information content (AvgIpc) is 3.38. The van der Waals surface area contributed by atoms with E-state index in [1.165, 1.54) is 4.31 Å². The molecule has 36 heavy (non-hydrogen) atoms. The van der Waals surface area contributed by atoms with Gasteiger partial charge in [-0.05, 0) is 50.1 Å². The molecule has 2 heterocycles. The monoisotopic (exact) mass is 517 g/mol. The van der Waals surface area contributed by atoms with Crippen LogP contribution in [0.3, 0.4) is 0 Å². The Labute approximate surface area is 209 Å². The molecule has 2 aromatic carbocycles. The van der Waals surface area contributed by atoms with Crippen molar-refractivity contribution in [3.63, 3.8) is 0 Å². The number of rotatable bonds is 7. The van der Waals surface area contributed by atoms with Crippen LogP contribution in [0.1, 0.15) is 35.2 Å². The summed E-state index contributed by atoms with van der Waals surface area (Å²) in [5.41, 5.74) is 0.931. The van der Waals surface area contributed by atoms with Crippen LogP contribution in [0.5, 0.6) is 5.75 Å². The van der Waals surface area contributed by atoms with Crippen molar-refractivity contribution in [1.29, 1.82) is 5.26 Å². The second-order valence-electron chi connectivity index (χ2n) is 8.18. The molecule has 4 rings (SSSR count). The highest BCUT2D eigenvalue weighted by Gasteiger charge is 2.40. The van der Waals surface area contributed by atoms with Crippen molar-refractivity contribution in [2.45, 2.75) is 30.3 Å². The van der Waals surface area contributed by atoms with E-state index >= 15 is 0 Å². The van der Waals surface area contributed by atoms with Gasteiger partial charge in [-0.2, -0.15) is 5.26 Å². The quantitative estimate of drug-likeness (QED) is 0.316. The molecule has 0 saturated carbocycles. The number of likely N-dealkylation sites (tertiary alicyclic amines) is 1. The third-order valence-corrected chi connectivity index (χ3v) is 7.65. The molecule has 12 heteroatoms. The van der Waals surface area contributed by atoms with Crippen molar-refractivity contribution in [1.82, 2.24) is 9.21 Å². The molecule has 0 bridgehead atoms. The topological polar surface area (TPSA) is 172 Å². The SMILES string of the molecule is N#Cc1ccccc1OC1CCN(CCCCN2C(=O)c3ccccc3S2(O)O)C1.O=C(O)C(=O)O. The summed E-state index contributed by atoms with van der Waals surface area (Å²) in [4.78, 5) is 33.3. The number of ether oxygens (including phenoxy) is 1. The van der Waals surface area contributed by atoms with Crippen molar-refractivity contribution in [2.75, 3.05) is 26.2 Å². The molecule has 1 unspecified atom stereocenters. The number of unbranched alkanes of at least 4 members (excludes halogenated alkanes) is 1. The minimum Gasteiger partial charge on any atom is -0.488 e. The van der Waals surface area contributed by atoms with Crippen molar-refractivity contribution < 1.29 is 38.4 Å². The lowest BCUT2D eigenvalue weighted by Gasteiger charge is -2.37. The van der Waals surface area contributed by atoms with E-state index in [0.29, 0.717) is 34.7 Å². The van der Waals surface area contributed by atoms with Crippen molar-refractivity contribution in [2.24, 2.45) is 0 Å². The average molecular weight is 518 g/mol. The van der Waals surface area contributed by atoms with Gasteiger partial charge in [-0.3, -0.25) is 18.8 Å². The van der Waals surface area contributed by atoms with Gasteiger partial charge in [0.25, 0.3) is 5.91 Å². The molecule has 4 N–H and O–H groups in total. The maximum absolute atomic E-state index is 12.5. The van der Waals surface area contributed by atoms with Crippen LogP contribution in [-0.2, 0) is 9.59 Å². The number of hydrogen-bond donors (Lipinski definition) is 4. The van der Waals surface area contributed by atoms with E-state index in [1.54, 1.807) is 30.3 Å². The minimum atomic E-state index is -3.22. The van der Waals surface area contributed by atoms with Gasteiger partial charge in [0.2, 0.25) is 0 Å². The largest absolute Gasteiger partial charge is 0.488 e. The summed E-state index contributed by atoms with van der Waals surface area (Å²) in [6.07, 6.45) is 2.49. The maximum atomic E-state index is 12.5. The number of nitriles is 1. The van der Waals surface area contributed by atoms with Gasteiger partial charge in [0, 0.05) is 19.6 Å². The molecule has 1 fully saturated rings. The van der Waals surface area contributed by atoms with Gasteiger partial charge in [-0.1, -0.05) is 35.0 Å². The second kappa shape index (κ2) is 11.9. The van der Waals surface area contributed by atoms with Crippen LogP contribution in [0.15, 0.2) is 53.4 Å². The summed E-state index contributed by atoms with van der Waals surface area (Å²) in [7, 11) is -3.22. The highest BCUT2D eigenvalue weighted by Crippen LogP contribution is 2.58. The fraction of sp³-hybridized carbons (Fsp3) is 0.333. The first-order chi connectivity index (χ1) is 17.1. The first kappa shape index (κ1) is 27.0. The van der Waals surface area contributed by atoms with Gasteiger partial charge in [0.15, 0.2) is 0 Å². The van der Waals surface area contributed by atoms with Crippen LogP contribution in [0, 0.1) is 11.3 Å². The molecule has 1 atom stereocenters. The van der Waals surface area contributed by atoms with E-state index in [1.807, 2.05) is 18.2 Å². The number of carbonyl (C=O) groups is 3. The predicted octanol–water partition coefficient (Wildman–Crippen LogP) is 3.13. The van der Waals surface area contributed by atoms with Gasteiger partial charge in [0.05, 0.1) is 16.0 Å². The second-order valence-corrected chi connectivity index (χ2v) is 10.1. The minimum absolute atomic E-state index is 0.0566. The van der Waals surface area contributed by atoms with Gasteiger partial charge < -0.3 is 14.9 Å². The molecular weight excluding hydrogens is 490 g/mol. The summed E-state index contributed by atoms with van der Waals surface area (Å²) < 4.78 is 28.2. The van der Waals surface area contributed by atoms with Crippen LogP contribution in [0.2, 0.25) is 0 Å². The Morgan fingerprint density at radius 2 is 1.67 bits per heavy atom. The summed E-state index contributed by atoms with van der Waals surface area (Å²) in [5.74, 6) is -3.33. The molecule has 11 nitrogen and oxygen atoms in total. The van der Waals surface area contributed by atoms with E-state index < -0.39 is 22.7 Å². The van der Waals surface area contributed by atoms with Crippen LogP contribution < -0.4 is 4.74 Å². The lowest BCUT2D eigenvalue weighted by Crippen LogP contribution is -2.30. The number of carbonyl (C=O) groups excluding carboxylic acids is 1. The number of amides is 1. The zero-order valence-corrected chi connectivity index (χ0v) is 20.1. The number of nitrogens with zero attached hydrogens (tertiary/aromatic N) is 3. The van der Waals surface area contributed by atoms with Gasteiger partial charge in [0.1, 0.15) is 17.9 Å². The Hall–Kier alpha value is -3.63. The van der Waals surface area contributed by atoms with Crippen LogP contribution >= 0.6 is 10.8 Å². The highest BCUT2D eigenvalue weighted by atomic mass is 32.3. The van der Waals surface area contributed by atoms with Crippen LogP contribution in [-0.4, -0.2) is 78.7 Å². The summed E-state index contributed by atoms with van der Waals surface area (Å²) >= 11 is 0. The van der Waals surface area contributed by atoms with Crippen molar-refractivity contribution >= 4 is 28.6 Å². The van der Waals surface area contributed by atoms with Crippen molar-refractivity contribution in [3.05, 3.63) is 59.7 Å². The third kappa shape index (κ3) is 6.32. The molecule has 2 aliphatic heterocycles. The fourth-order valence-corrected chi connectivity index (χ4v) is 5.67. The Morgan fingerprint density at radius 3 is 2.33 bits per heavy atom. The first-order valence-corrected chi connectivity index (χ1v) is 12.7. The number of para-hydroxylation sites is 1. The Bertz CT molecular complexity index is 1150. The molecule has 1 amide bonds. The molecule has 192 valence electrons. The standard InChI is InChI=1S/C22H25N3O4S.C2H2O4/c23-15-17-7-1-3-9-20(17)29-18-11-14-24(16-18)12-5-6-13-25-22(26)19-8-2-4-10-21(19)30(25,27)28;3-1(4)2(5)6/h1-4,7-10,18,27-28H,5-6,11-14,16H2;(H,3,4)(H,5,6). The van der Waals surface area contributed by atoms with E-state index in [-0.39, 0.29) is 12.0 Å². The number of aliphatic carboxylic acids is 2.